The standard InChI is InChI=1S/C25H30N6O/c32-25(29-14-4-7-19(15-29)18-5-2-1-3-6-18)20-16-30(17-20)24-21-8-11-26-12-9-22(21)28-23-10-13-27-31(23)24/h1-3,5-6,10,13,19-20,26H,4,7-9,11-12,14-17H2. The zero-order valence-corrected chi connectivity index (χ0v) is 18.4. The molecule has 3 aliphatic heterocycles. The summed E-state index contributed by atoms with van der Waals surface area (Å²) in [6, 6.07) is 12.6. The van der Waals surface area contributed by atoms with Crippen molar-refractivity contribution in [2.45, 2.75) is 31.6 Å². The maximum atomic E-state index is 13.3. The fourth-order valence-corrected chi connectivity index (χ4v) is 5.58. The van der Waals surface area contributed by atoms with Crippen LogP contribution in [0.25, 0.3) is 5.65 Å². The highest BCUT2D eigenvalue weighted by atomic mass is 16.2. The number of anilines is 1. The fourth-order valence-electron chi connectivity index (χ4n) is 5.58. The molecule has 0 radical (unpaired) electrons. The predicted octanol–water partition coefficient (Wildman–Crippen LogP) is 2.26. The molecule has 2 saturated heterocycles. The summed E-state index contributed by atoms with van der Waals surface area (Å²) in [5.41, 5.74) is 4.72. The third-order valence-corrected chi connectivity index (χ3v) is 7.32. The van der Waals surface area contributed by atoms with Crippen LogP contribution in [-0.2, 0) is 17.6 Å². The van der Waals surface area contributed by atoms with Gasteiger partial charge in [0, 0.05) is 56.7 Å². The fraction of sp³-hybridized carbons (Fsp3) is 0.480. The lowest BCUT2D eigenvalue weighted by Crippen LogP contribution is -2.56. The van der Waals surface area contributed by atoms with E-state index in [9.17, 15) is 4.79 Å². The average Bonchev–Trinajstić information content (AvgIpc) is 3.15. The molecule has 3 aliphatic rings. The molecule has 5 heterocycles. The Hall–Kier alpha value is -2.93. The topological polar surface area (TPSA) is 65.8 Å². The van der Waals surface area contributed by atoms with Gasteiger partial charge >= 0.3 is 0 Å². The van der Waals surface area contributed by atoms with E-state index in [0.29, 0.717) is 11.8 Å². The lowest BCUT2D eigenvalue weighted by Gasteiger charge is -2.44. The Morgan fingerprint density at radius 2 is 1.88 bits per heavy atom. The van der Waals surface area contributed by atoms with Crippen molar-refractivity contribution < 1.29 is 4.79 Å². The normalized spacial score (nSPS) is 21.8. The molecule has 1 amide bonds. The molecule has 6 rings (SSSR count). The first-order valence-corrected chi connectivity index (χ1v) is 11.9. The third-order valence-electron chi connectivity index (χ3n) is 7.32. The van der Waals surface area contributed by atoms with E-state index in [-0.39, 0.29) is 5.92 Å². The Bertz CT molecular complexity index is 1120. The first-order chi connectivity index (χ1) is 15.8. The van der Waals surface area contributed by atoms with E-state index in [2.05, 4.69) is 50.5 Å². The highest BCUT2D eigenvalue weighted by Gasteiger charge is 2.39. The minimum Gasteiger partial charge on any atom is -0.354 e. The third kappa shape index (κ3) is 3.45. The quantitative estimate of drug-likeness (QED) is 0.691. The number of rotatable bonds is 3. The molecule has 32 heavy (non-hydrogen) atoms. The maximum absolute atomic E-state index is 13.3. The summed E-state index contributed by atoms with van der Waals surface area (Å²) in [6.45, 7) is 5.19. The summed E-state index contributed by atoms with van der Waals surface area (Å²) in [4.78, 5) is 22.7. The zero-order valence-electron chi connectivity index (χ0n) is 18.4. The molecule has 1 unspecified atom stereocenters. The Kier molecular flexibility index (Phi) is 5.06. The van der Waals surface area contributed by atoms with Crippen LogP contribution >= 0.6 is 0 Å². The van der Waals surface area contributed by atoms with Crippen LogP contribution in [0.3, 0.4) is 0 Å². The van der Waals surface area contributed by atoms with E-state index >= 15 is 0 Å². The molecular formula is C25H30N6O. The summed E-state index contributed by atoms with van der Waals surface area (Å²) in [5.74, 6) is 1.99. The van der Waals surface area contributed by atoms with Crippen molar-refractivity contribution >= 4 is 17.4 Å². The van der Waals surface area contributed by atoms with Gasteiger partial charge < -0.3 is 15.1 Å². The van der Waals surface area contributed by atoms with Crippen molar-refractivity contribution in [2.75, 3.05) is 44.2 Å². The number of piperidine rings is 1. The van der Waals surface area contributed by atoms with Gasteiger partial charge in [0.1, 0.15) is 5.82 Å². The molecule has 0 spiro atoms. The van der Waals surface area contributed by atoms with Crippen molar-refractivity contribution in [3.63, 3.8) is 0 Å². The first kappa shape index (κ1) is 19.7. The number of nitrogens with one attached hydrogen (secondary N) is 1. The molecule has 2 aromatic heterocycles. The Morgan fingerprint density at radius 3 is 2.75 bits per heavy atom. The van der Waals surface area contributed by atoms with Gasteiger partial charge in [-0.05, 0) is 31.4 Å². The minimum atomic E-state index is 0.0721. The van der Waals surface area contributed by atoms with E-state index in [0.717, 1.165) is 70.0 Å². The van der Waals surface area contributed by atoms with Crippen molar-refractivity contribution in [3.8, 4) is 0 Å². The number of fused-ring (bicyclic) bond motifs is 2. The molecule has 1 aromatic carbocycles. The molecule has 0 bridgehead atoms. The van der Waals surface area contributed by atoms with Crippen LogP contribution in [-0.4, -0.2) is 64.7 Å². The Labute approximate surface area is 188 Å². The summed E-state index contributed by atoms with van der Waals surface area (Å²) >= 11 is 0. The van der Waals surface area contributed by atoms with Crippen molar-refractivity contribution in [2.24, 2.45) is 5.92 Å². The number of nitrogens with zero attached hydrogens (tertiary/aromatic N) is 5. The van der Waals surface area contributed by atoms with Gasteiger partial charge in [-0.15, -0.1) is 0 Å². The molecule has 7 heteroatoms. The number of hydrogen-bond acceptors (Lipinski definition) is 5. The molecular weight excluding hydrogens is 400 g/mol. The summed E-state index contributed by atoms with van der Waals surface area (Å²) in [6.07, 6.45) is 5.96. The van der Waals surface area contributed by atoms with Crippen molar-refractivity contribution in [1.82, 2.24) is 24.8 Å². The van der Waals surface area contributed by atoms with Crippen LogP contribution in [0.1, 0.15) is 35.6 Å². The van der Waals surface area contributed by atoms with Gasteiger partial charge in [0.2, 0.25) is 5.91 Å². The van der Waals surface area contributed by atoms with Gasteiger partial charge in [-0.25, -0.2) is 4.98 Å². The van der Waals surface area contributed by atoms with E-state index in [4.69, 9.17) is 4.98 Å². The number of aromatic nitrogens is 3. The van der Waals surface area contributed by atoms with Gasteiger partial charge in [-0.3, -0.25) is 4.79 Å². The minimum absolute atomic E-state index is 0.0721. The number of carbonyl (C=O) groups excluding carboxylic acids is 1. The molecule has 1 atom stereocenters. The van der Waals surface area contributed by atoms with Gasteiger partial charge in [0.25, 0.3) is 0 Å². The highest BCUT2D eigenvalue weighted by Crippen LogP contribution is 2.33. The van der Waals surface area contributed by atoms with Crippen LogP contribution in [0.15, 0.2) is 42.6 Å². The number of amides is 1. The molecule has 1 N–H and O–H groups in total. The largest absolute Gasteiger partial charge is 0.354 e. The predicted molar refractivity (Wildman–Crippen MR) is 124 cm³/mol. The molecule has 3 aromatic rings. The van der Waals surface area contributed by atoms with E-state index in [1.54, 1.807) is 0 Å². The second-order valence-electron chi connectivity index (χ2n) is 9.35. The van der Waals surface area contributed by atoms with E-state index in [1.165, 1.54) is 23.2 Å². The molecule has 0 saturated carbocycles. The number of carbonyl (C=O) groups is 1. The number of hydrogen-bond donors (Lipinski definition) is 1. The van der Waals surface area contributed by atoms with Crippen LogP contribution in [0.5, 0.6) is 0 Å². The van der Waals surface area contributed by atoms with Gasteiger partial charge in [0.15, 0.2) is 5.65 Å². The molecule has 166 valence electrons. The molecule has 0 aliphatic carbocycles. The summed E-state index contributed by atoms with van der Waals surface area (Å²) in [5, 5.41) is 8.04. The van der Waals surface area contributed by atoms with Crippen LogP contribution in [0, 0.1) is 5.92 Å². The van der Waals surface area contributed by atoms with Gasteiger partial charge in [0.05, 0.1) is 17.8 Å². The van der Waals surface area contributed by atoms with Crippen molar-refractivity contribution in [3.05, 3.63) is 59.4 Å². The average molecular weight is 431 g/mol. The number of benzene rings is 1. The monoisotopic (exact) mass is 430 g/mol. The van der Waals surface area contributed by atoms with Crippen LogP contribution in [0.4, 0.5) is 5.82 Å². The molecule has 7 nitrogen and oxygen atoms in total. The van der Waals surface area contributed by atoms with E-state index < -0.39 is 0 Å². The zero-order chi connectivity index (χ0) is 21.5. The Balaban J connectivity index is 1.19. The lowest BCUT2D eigenvalue weighted by molar-refractivity contribution is -0.137. The second-order valence-corrected chi connectivity index (χ2v) is 9.35. The molecule has 2 fully saturated rings. The smallest absolute Gasteiger partial charge is 0.229 e. The van der Waals surface area contributed by atoms with Crippen LogP contribution < -0.4 is 10.2 Å². The van der Waals surface area contributed by atoms with Crippen LogP contribution in [0.2, 0.25) is 0 Å². The van der Waals surface area contributed by atoms with Crippen molar-refractivity contribution in [1.29, 1.82) is 0 Å². The lowest BCUT2D eigenvalue weighted by atomic mass is 9.89. The Morgan fingerprint density at radius 1 is 1.03 bits per heavy atom. The number of likely N-dealkylation sites (tertiary alicyclic amines) is 1. The SMILES string of the molecule is O=C(C1CN(c2c3c(nc4ccnn24)CCNCC3)C1)N1CCCC(c2ccccc2)C1. The van der Waals surface area contributed by atoms with E-state index in [1.807, 2.05) is 16.8 Å². The first-order valence-electron chi connectivity index (χ1n) is 11.9. The summed E-state index contributed by atoms with van der Waals surface area (Å²) < 4.78 is 1.97. The van der Waals surface area contributed by atoms with Gasteiger partial charge in [-0.1, -0.05) is 30.3 Å². The highest BCUT2D eigenvalue weighted by molar-refractivity contribution is 5.82. The second kappa shape index (κ2) is 8.20. The maximum Gasteiger partial charge on any atom is 0.229 e. The van der Waals surface area contributed by atoms with Gasteiger partial charge in [-0.2, -0.15) is 9.61 Å². The summed E-state index contributed by atoms with van der Waals surface area (Å²) in [7, 11) is 0.